The maximum Gasteiger partial charge on any atom is 0.250 e. The van der Waals surface area contributed by atoms with E-state index in [2.05, 4.69) is 22.2 Å². The first kappa shape index (κ1) is 14.4. The zero-order valence-corrected chi connectivity index (χ0v) is 13.7. The van der Waals surface area contributed by atoms with Crippen LogP contribution in [-0.2, 0) is 17.6 Å². The molecule has 6 heteroatoms. The lowest BCUT2D eigenvalue weighted by molar-refractivity contribution is -0.111. The van der Waals surface area contributed by atoms with E-state index in [1.54, 1.807) is 28.7 Å². The van der Waals surface area contributed by atoms with Gasteiger partial charge in [-0.3, -0.25) is 10.1 Å². The Labute approximate surface area is 132 Å². The quantitative estimate of drug-likeness (QED) is 0.878. The molecule has 0 saturated carbocycles. The molecule has 3 rings (SSSR count). The number of thiazole rings is 2. The molecule has 4 nitrogen and oxygen atoms in total. The smallest absolute Gasteiger partial charge is 0.250 e. The van der Waals surface area contributed by atoms with Gasteiger partial charge in [0, 0.05) is 16.3 Å². The third-order valence-electron chi connectivity index (χ3n) is 3.46. The summed E-state index contributed by atoms with van der Waals surface area (Å²) in [6.07, 6.45) is 6.53. The highest BCUT2D eigenvalue weighted by Crippen LogP contribution is 2.32. The first-order valence-corrected chi connectivity index (χ1v) is 8.69. The highest BCUT2D eigenvalue weighted by atomic mass is 32.1. The van der Waals surface area contributed by atoms with E-state index in [1.165, 1.54) is 17.4 Å². The Hall–Kier alpha value is -1.53. The van der Waals surface area contributed by atoms with Gasteiger partial charge in [0.1, 0.15) is 0 Å². The standard InChI is InChI=1S/C15H17N3OS2/c1-9-3-5-12-13(7-9)21-15(17-12)18-14(19)6-4-11-8-20-10(2)16-11/h4,6,8-9H,3,5,7H2,1-2H3,(H,17,18,19)/b6-4+. The van der Waals surface area contributed by atoms with Crippen LogP contribution in [0.1, 0.15) is 34.6 Å². The molecule has 2 heterocycles. The maximum absolute atomic E-state index is 11.9. The first-order valence-electron chi connectivity index (χ1n) is 7.00. The van der Waals surface area contributed by atoms with Crippen LogP contribution in [0.4, 0.5) is 5.13 Å². The van der Waals surface area contributed by atoms with Gasteiger partial charge in [0.05, 0.1) is 16.4 Å². The van der Waals surface area contributed by atoms with Crippen LogP contribution in [0.25, 0.3) is 6.08 Å². The molecule has 1 unspecified atom stereocenters. The number of hydrogen-bond acceptors (Lipinski definition) is 5. The Balaban J connectivity index is 1.64. The summed E-state index contributed by atoms with van der Waals surface area (Å²) in [4.78, 5) is 22.0. The van der Waals surface area contributed by atoms with Crippen molar-refractivity contribution in [3.63, 3.8) is 0 Å². The molecule has 1 aliphatic carbocycles. The van der Waals surface area contributed by atoms with Crippen LogP contribution < -0.4 is 5.32 Å². The van der Waals surface area contributed by atoms with Gasteiger partial charge in [-0.2, -0.15) is 0 Å². The van der Waals surface area contributed by atoms with Gasteiger partial charge < -0.3 is 0 Å². The molecule has 1 amide bonds. The van der Waals surface area contributed by atoms with Crippen LogP contribution in [0.15, 0.2) is 11.5 Å². The lowest BCUT2D eigenvalue weighted by Gasteiger charge is -2.15. The summed E-state index contributed by atoms with van der Waals surface area (Å²) in [6, 6.07) is 0. The average molecular weight is 319 g/mol. The minimum atomic E-state index is -0.153. The van der Waals surface area contributed by atoms with Gasteiger partial charge in [-0.25, -0.2) is 9.97 Å². The molecule has 1 aliphatic rings. The molecule has 21 heavy (non-hydrogen) atoms. The van der Waals surface area contributed by atoms with Gasteiger partial charge in [0.2, 0.25) is 5.91 Å². The number of amides is 1. The van der Waals surface area contributed by atoms with Crippen LogP contribution in [-0.4, -0.2) is 15.9 Å². The summed E-state index contributed by atoms with van der Waals surface area (Å²) >= 11 is 3.18. The molecule has 2 aromatic heterocycles. The van der Waals surface area contributed by atoms with Gasteiger partial charge in [-0.05, 0) is 38.2 Å². The van der Waals surface area contributed by atoms with Crippen LogP contribution in [0.3, 0.4) is 0 Å². The fourth-order valence-corrected chi connectivity index (χ4v) is 4.11. The summed E-state index contributed by atoms with van der Waals surface area (Å²) in [5.41, 5.74) is 1.98. The average Bonchev–Trinajstić information content (AvgIpc) is 3.01. The van der Waals surface area contributed by atoms with Gasteiger partial charge in [-0.15, -0.1) is 22.7 Å². The van der Waals surface area contributed by atoms with E-state index in [-0.39, 0.29) is 5.91 Å². The van der Waals surface area contributed by atoms with E-state index < -0.39 is 0 Å². The maximum atomic E-state index is 11.9. The minimum absolute atomic E-state index is 0.153. The minimum Gasteiger partial charge on any atom is -0.298 e. The molecule has 110 valence electrons. The third kappa shape index (κ3) is 3.57. The van der Waals surface area contributed by atoms with Crippen LogP contribution in [0, 0.1) is 12.8 Å². The normalized spacial score (nSPS) is 17.9. The monoisotopic (exact) mass is 319 g/mol. The molecular formula is C15H17N3OS2. The zero-order valence-electron chi connectivity index (χ0n) is 12.0. The summed E-state index contributed by atoms with van der Waals surface area (Å²) in [5.74, 6) is 0.564. The van der Waals surface area contributed by atoms with Crippen molar-refractivity contribution in [1.82, 2.24) is 9.97 Å². The highest BCUT2D eigenvalue weighted by Gasteiger charge is 2.20. The van der Waals surface area contributed by atoms with E-state index in [9.17, 15) is 4.79 Å². The van der Waals surface area contributed by atoms with Crippen LogP contribution in [0.5, 0.6) is 0 Å². The van der Waals surface area contributed by atoms with Crippen molar-refractivity contribution in [2.24, 2.45) is 5.92 Å². The van der Waals surface area contributed by atoms with E-state index in [4.69, 9.17) is 0 Å². The number of carbonyl (C=O) groups is 1. The Morgan fingerprint density at radius 2 is 2.33 bits per heavy atom. The van der Waals surface area contributed by atoms with Crippen molar-refractivity contribution in [2.75, 3.05) is 5.32 Å². The predicted octanol–water partition coefficient (Wildman–Crippen LogP) is 3.68. The molecular weight excluding hydrogens is 302 g/mol. The summed E-state index contributed by atoms with van der Waals surface area (Å²) in [7, 11) is 0. The summed E-state index contributed by atoms with van der Waals surface area (Å²) in [6.45, 7) is 4.21. The molecule has 0 aromatic carbocycles. The Morgan fingerprint density at radius 1 is 1.48 bits per heavy atom. The molecule has 0 spiro atoms. The molecule has 2 aromatic rings. The van der Waals surface area contributed by atoms with Gasteiger partial charge in [0.15, 0.2) is 5.13 Å². The number of anilines is 1. The van der Waals surface area contributed by atoms with Crippen molar-refractivity contribution >= 4 is 39.8 Å². The van der Waals surface area contributed by atoms with Gasteiger partial charge >= 0.3 is 0 Å². The second kappa shape index (κ2) is 6.07. The number of aromatic nitrogens is 2. The van der Waals surface area contributed by atoms with Crippen molar-refractivity contribution in [3.05, 3.63) is 32.7 Å². The predicted molar refractivity (Wildman–Crippen MR) is 87.8 cm³/mol. The van der Waals surface area contributed by atoms with Crippen molar-refractivity contribution < 1.29 is 4.79 Å². The number of aryl methyl sites for hydroxylation is 2. The topological polar surface area (TPSA) is 54.9 Å². The lowest BCUT2D eigenvalue weighted by atomic mass is 9.93. The number of nitrogens with one attached hydrogen (secondary N) is 1. The van der Waals surface area contributed by atoms with Crippen molar-refractivity contribution in [1.29, 1.82) is 0 Å². The SMILES string of the molecule is Cc1nc(/C=C/C(=O)Nc2nc3c(s2)CC(C)CC3)cs1. The number of hydrogen-bond donors (Lipinski definition) is 1. The van der Waals surface area contributed by atoms with E-state index in [0.29, 0.717) is 11.0 Å². The van der Waals surface area contributed by atoms with Gasteiger partial charge in [-0.1, -0.05) is 6.92 Å². The second-order valence-corrected chi connectivity index (χ2v) is 7.50. The lowest BCUT2D eigenvalue weighted by Crippen LogP contribution is -2.09. The molecule has 0 aliphatic heterocycles. The van der Waals surface area contributed by atoms with E-state index in [0.717, 1.165) is 29.2 Å². The molecule has 1 atom stereocenters. The Bertz CT molecular complexity index is 687. The highest BCUT2D eigenvalue weighted by molar-refractivity contribution is 7.15. The summed E-state index contributed by atoms with van der Waals surface area (Å²) in [5, 5.41) is 6.49. The number of carbonyl (C=O) groups excluding carboxylic acids is 1. The molecule has 0 fully saturated rings. The number of rotatable bonds is 3. The zero-order chi connectivity index (χ0) is 14.8. The molecule has 0 saturated heterocycles. The van der Waals surface area contributed by atoms with E-state index in [1.807, 2.05) is 12.3 Å². The molecule has 0 bridgehead atoms. The van der Waals surface area contributed by atoms with Gasteiger partial charge in [0.25, 0.3) is 0 Å². The fourth-order valence-electron chi connectivity index (χ4n) is 2.36. The van der Waals surface area contributed by atoms with Crippen LogP contribution >= 0.6 is 22.7 Å². The van der Waals surface area contributed by atoms with Crippen molar-refractivity contribution in [2.45, 2.75) is 33.1 Å². The largest absolute Gasteiger partial charge is 0.298 e. The van der Waals surface area contributed by atoms with Crippen molar-refractivity contribution in [3.8, 4) is 0 Å². The first-order chi connectivity index (χ1) is 10.1. The number of fused-ring (bicyclic) bond motifs is 1. The molecule has 0 radical (unpaired) electrons. The number of nitrogens with zero attached hydrogens (tertiary/aromatic N) is 2. The third-order valence-corrected chi connectivity index (χ3v) is 5.29. The van der Waals surface area contributed by atoms with Crippen LogP contribution in [0.2, 0.25) is 0 Å². The Kier molecular flexibility index (Phi) is 4.17. The molecule has 1 N–H and O–H groups in total. The summed E-state index contributed by atoms with van der Waals surface area (Å²) < 4.78 is 0. The van der Waals surface area contributed by atoms with E-state index >= 15 is 0 Å². The fraction of sp³-hybridized carbons (Fsp3) is 0.400. The second-order valence-electron chi connectivity index (χ2n) is 5.35. The Morgan fingerprint density at radius 3 is 3.10 bits per heavy atom.